The predicted molar refractivity (Wildman–Crippen MR) is 59.1 cm³/mol. The van der Waals surface area contributed by atoms with Crippen molar-refractivity contribution in [2.24, 2.45) is 17.8 Å². The van der Waals surface area contributed by atoms with Crippen molar-refractivity contribution >= 4 is 19.6 Å². The van der Waals surface area contributed by atoms with Crippen LogP contribution in [0, 0.1) is 17.8 Å². The summed E-state index contributed by atoms with van der Waals surface area (Å²) in [5.41, 5.74) is 0. The van der Waals surface area contributed by atoms with Gasteiger partial charge in [-0.05, 0) is 41.7 Å². The smallest absolute Gasteiger partial charge is 0.0916 e. The first-order valence-electron chi connectivity index (χ1n) is 5.52. The molecule has 1 heterocycles. The zero-order valence-corrected chi connectivity index (χ0v) is 9.36. The Kier molecular flexibility index (Phi) is 1.55. The lowest BCUT2D eigenvalue weighted by atomic mass is 9.64. The maximum atomic E-state index is 6.48. The number of thioether (sulfide) groups is 1. The van der Waals surface area contributed by atoms with Gasteiger partial charge in [-0.25, -0.2) is 0 Å². The van der Waals surface area contributed by atoms with E-state index in [1.165, 1.54) is 25.7 Å². The summed E-state index contributed by atoms with van der Waals surface area (Å²) in [4.78, 5) is 0. The lowest BCUT2D eigenvalue weighted by Crippen LogP contribution is -2.34. The van der Waals surface area contributed by atoms with E-state index < -0.39 is 0 Å². The average molecular weight is 192 g/mol. The monoisotopic (exact) mass is 192 g/mol. The molecule has 2 heteroatoms. The second-order valence-electron chi connectivity index (χ2n) is 5.69. The molecule has 0 spiro atoms. The van der Waals surface area contributed by atoms with E-state index in [2.05, 4.69) is 13.8 Å². The molecule has 0 amide bonds. The number of fused-ring (bicyclic) bond motifs is 2. The molecule has 0 aromatic rings. The Labute approximate surface area is 86.6 Å². The van der Waals surface area contributed by atoms with Crippen molar-refractivity contribution in [2.45, 2.75) is 48.9 Å². The third kappa shape index (κ3) is 1.02. The van der Waals surface area contributed by atoms with Gasteiger partial charge in [-0.2, -0.15) is 11.8 Å². The molecule has 0 aromatic heterocycles. The molecule has 70 valence electrons. The first kappa shape index (κ1) is 8.70. The molecule has 4 atom stereocenters. The zero-order chi connectivity index (χ0) is 9.27. The largest absolute Gasteiger partial charge is 0.156 e. The molecule has 3 rings (SSSR count). The minimum atomic E-state index is 0.146. The molecule has 1 saturated heterocycles. The van der Waals surface area contributed by atoms with Crippen molar-refractivity contribution in [3.05, 3.63) is 0 Å². The standard InChI is InChI=1S/C11H17BS/c1-10(2)11(12,13-10)9-6-7-3-4-8(9)5-7/h7-9H,3-6H2,1-2H3. The van der Waals surface area contributed by atoms with E-state index in [-0.39, 0.29) is 4.65 Å². The molecular weight excluding hydrogens is 175 g/mol. The molecule has 3 fully saturated rings. The van der Waals surface area contributed by atoms with Crippen LogP contribution in [0.4, 0.5) is 0 Å². The van der Waals surface area contributed by atoms with Gasteiger partial charge >= 0.3 is 0 Å². The first-order valence-corrected chi connectivity index (χ1v) is 6.33. The average Bonchev–Trinajstić information content (AvgIpc) is 2.51. The van der Waals surface area contributed by atoms with Crippen LogP contribution >= 0.6 is 11.8 Å². The Hall–Kier alpha value is 0.415. The molecule has 13 heavy (non-hydrogen) atoms. The van der Waals surface area contributed by atoms with Gasteiger partial charge in [0.15, 0.2) is 0 Å². The summed E-state index contributed by atoms with van der Waals surface area (Å²) in [6, 6.07) is 0. The number of rotatable bonds is 1. The topological polar surface area (TPSA) is 0 Å². The molecular formula is C11H17BS. The third-order valence-corrected chi connectivity index (χ3v) is 6.41. The lowest BCUT2D eigenvalue weighted by Gasteiger charge is -2.29. The molecule has 4 unspecified atom stereocenters. The minimum absolute atomic E-state index is 0.146. The van der Waals surface area contributed by atoms with E-state index in [4.69, 9.17) is 7.85 Å². The SMILES string of the molecule is [B]C1(C2CC3CCC2C3)SC1(C)C. The molecule has 3 aliphatic rings. The van der Waals surface area contributed by atoms with Crippen LogP contribution in [0.3, 0.4) is 0 Å². The summed E-state index contributed by atoms with van der Waals surface area (Å²) in [6.45, 7) is 4.62. The van der Waals surface area contributed by atoms with Crippen LogP contribution in [0.5, 0.6) is 0 Å². The van der Waals surface area contributed by atoms with Crippen LogP contribution in [0.2, 0.25) is 0 Å². The fraction of sp³-hybridized carbons (Fsp3) is 1.00. The molecule has 0 aromatic carbocycles. The van der Waals surface area contributed by atoms with Gasteiger partial charge in [0, 0.05) is 4.75 Å². The summed E-state index contributed by atoms with van der Waals surface area (Å²) in [6.07, 6.45) is 5.87. The Bertz CT molecular complexity index is 250. The van der Waals surface area contributed by atoms with Crippen molar-refractivity contribution in [3.63, 3.8) is 0 Å². The fourth-order valence-corrected chi connectivity index (χ4v) is 5.07. The molecule has 2 aliphatic carbocycles. The Balaban J connectivity index is 1.81. The molecule has 0 N–H and O–H groups in total. The second-order valence-corrected chi connectivity index (χ2v) is 7.59. The van der Waals surface area contributed by atoms with Crippen LogP contribution in [-0.2, 0) is 0 Å². The summed E-state index contributed by atoms with van der Waals surface area (Å²) in [7, 11) is 6.48. The van der Waals surface area contributed by atoms with Crippen LogP contribution < -0.4 is 0 Å². The highest BCUT2D eigenvalue weighted by Gasteiger charge is 2.65. The highest BCUT2D eigenvalue weighted by Crippen LogP contribution is 2.70. The van der Waals surface area contributed by atoms with Gasteiger partial charge in [0.1, 0.15) is 0 Å². The first-order chi connectivity index (χ1) is 6.03. The van der Waals surface area contributed by atoms with E-state index in [1.807, 2.05) is 11.8 Å². The fourth-order valence-electron chi connectivity index (χ4n) is 3.69. The normalized spacial score (nSPS) is 56.9. The predicted octanol–water partition coefficient (Wildman–Crippen LogP) is 2.81. The van der Waals surface area contributed by atoms with Crippen molar-refractivity contribution in [1.82, 2.24) is 0 Å². The van der Waals surface area contributed by atoms with E-state index in [0.717, 1.165) is 17.8 Å². The molecule has 2 radical (unpaired) electrons. The van der Waals surface area contributed by atoms with E-state index in [0.29, 0.717) is 4.75 Å². The zero-order valence-electron chi connectivity index (χ0n) is 8.55. The van der Waals surface area contributed by atoms with Crippen LogP contribution in [0.15, 0.2) is 0 Å². The van der Waals surface area contributed by atoms with Crippen LogP contribution in [0.1, 0.15) is 39.5 Å². The van der Waals surface area contributed by atoms with Crippen molar-refractivity contribution in [2.75, 3.05) is 0 Å². The quantitative estimate of drug-likeness (QED) is 0.454. The van der Waals surface area contributed by atoms with Crippen LogP contribution in [0.25, 0.3) is 0 Å². The van der Waals surface area contributed by atoms with E-state index >= 15 is 0 Å². The number of hydrogen-bond acceptors (Lipinski definition) is 1. The molecule has 1 aliphatic heterocycles. The van der Waals surface area contributed by atoms with Crippen molar-refractivity contribution in [1.29, 1.82) is 0 Å². The van der Waals surface area contributed by atoms with E-state index in [1.54, 1.807) is 0 Å². The van der Waals surface area contributed by atoms with Gasteiger partial charge in [0.05, 0.1) is 7.85 Å². The van der Waals surface area contributed by atoms with Crippen molar-refractivity contribution < 1.29 is 0 Å². The van der Waals surface area contributed by atoms with Gasteiger partial charge < -0.3 is 0 Å². The van der Waals surface area contributed by atoms with Gasteiger partial charge in [0.2, 0.25) is 0 Å². The third-order valence-electron chi connectivity index (χ3n) is 4.61. The van der Waals surface area contributed by atoms with E-state index in [9.17, 15) is 0 Å². The highest BCUT2D eigenvalue weighted by molar-refractivity contribution is 8.11. The summed E-state index contributed by atoms with van der Waals surface area (Å²) in [5.74, 6) is 2.85. The summed E-state index contributed by atoms with van der Waals surface area (Å²) < 4.78 is 0.509. The molecule has 2 saturated carbocycles. The minimum Gasteiger partial charge on any atom is -0.156 e. The van der Waals surface area contributed by atoms with Crippen molar-refractivity contribution in [3.8, 4) is 0 Å². The molecule has 2 bridgehead atoms. The van der Waals surface area contributed by atoms with Gasteiger partial charge in [-0.15, -0.1) is 0 Å². The van der Waals surface area contributed by atoms with Gasteiger partial charge in [-0.1, -0.05) is 20.3 Å². The van der Waals surface area contributed by atoms with Gasteiger partial charge in [-0.3, -0.25) is 0 Å². The maximum Gasteiger partial charge on any atom is 0.0916 e. The second kappa shape index (κ2) is 2.32. The maximum absolute atomic E-state index is 6.48. The lowest BCUT2D eigenvalue weighted by molar-refractivity contribution is 0.306. The number of hydrogen-bond donors (Lipinski definition) is 0. The van der Waals surface area contributed by atoms with Gasteiger partial charge in [0.25, 0.3) is 0 Å². The Morgan fingerprint density at radius 3 is 2.31 bits per heavy atom. The summed E-state index contributed by atoms with van der Waals surface area (Å²) >= 11 is 2.01. The summed E-state index contributed by atoms with van der Waals surface area (Å²) in [5, 5.41) is 0. The Morgan fingerprint density at radius 2 is 1.92 bits per heavy atom. The van der Waals surface area contributed by atoms with Crippen LogP contribution in [-0.4, -0.2) is 17.2 Å². The molecule has 0 nitrogen and oxygen atoms in total. The highest BCUT2D eigenvalue weighted by atomic mass is 32.2. The Morgan fingerprint density at radius 1 is 1.23 bits per heavy atom.